The summed E-state index contributed by atoms with van der Waals surface area (Å²) in [7, 11) is 0. The molecule has 4 nitrogen and oxygen atoms in total. The lowest BCUT2D eigenvalue weighted by molar-refractivity contribution is 0.149. The Morgan fingerprint density at radius 3 is 2.62 bits per heavy atom. The monoisotopic (exact) mass is 289 g/mol. The normalized spacial score (nSPS) is 18.8. The molecule has 1 unspecified atom stereocenters. The standard InChI is InChI=1S/C16H20FN3O/c1-11(14-5-3-4-6-15(14)17)20-9-7-13(8-10-20)16-18-12(2)19-21-16/h3-6,11,13H,7-10H2,1-2H3. The van der Waals surface area contributed by atoms with Crippen molar-refractivity contribution in [1.29, 1.82) is 0 Å². The summed E-state index contributed by atoms with van der Waals surface area (Å²) in [5.74, 6) is 1.63. The van der Waals surface area contributed by atoms with Gasteiger partial charge in [-0.15, -0.1) is 0 Å². The van der Waals surface area contributed by atoms with Crippen LogP contribution in [0, 0.1) is 12.7 Å². The van der Waals surface area contributed by atoms with Gasteiger partial charge < -0.3 is 4.52 Å². The zero-order valence-electron chi connectivity index (χ0n) is 12.4. The van der Waals surface area contributed by atoms with E-state index in [2.05, 4.69) is 22.0 Å². The largest absolute Gasteiger partial charge is 0.339 e. The molecule has 1 saturated heterocycles. The molecule has 0 amide bonds. The zero-order chi connectivity index (χ0) is 14.8. The van der Waals surface area contributed by atoms with Gasteiger partial charge in [0.1, 0.15) is 5.82 Å². The van der Waals surface area contributed by atoms with Crippen LogP contribution in [0.3, 0.4) is 0 Å². The minimum absolute atomic E-state index is 0.0940. The summed E-state index contributed by atoms with van der Waals surface area (Å²) in [6, 6.07) is 7.11. The molecule has 1 fully saturated rings. The van der Waals surface area contributed by atoms with E-state index >= 15 is 0 Å². The summed E-state index contributed by atoms with van der Waals surface area (Å²) in [6.07, 6.45) is 1.95. The topological polar surface area (TPSA) is 42.2 Å². The van der Waals surface area contributed by atoms with Gasteiger partial charge in [-0.3, -0.25) is 4.90 Å². The first-order valence-corrected chi connectivity index (χ1v) is 7.44. The van der Waals surface area contributed by atoms with Gasteiger partial charge >= 0.3 is 0 Å². The van der Waals surface area contributed by atoms with Crippen molar-refractivity contribution >= 4 is 0 Å². The van der Waals surface area contributed by atoms with Crippen LogP contribution in [0.5, 0.6) is 0 Å². The van der Waals surface area contributed by atoms with Crippen LogP contribution >= 0.6 is 0 Å². The van der Waals surface area contributed by atoms with Crippen molar-refractivity contribution in [1.82, 2.24) is 15.0 Å². The molecule has 0 radical (unpaired) electrons. The van der Waals surface area contributed by atoms with Gasteiger partial charge in [-0.1, -0.05) is 23.4 Å². The van der Waals surface area contributed by atoms with Crippen molar-refractivity contribution in [3.8, 4) is 0 Å². The summed E-state index contributed by atoms with van der Waals surface area (Å²) >= 11 is 0. The van der Waals surface area contributed by atoms with Crippen molar-refractivity contribution in [2.45, 2.75) is 38.6 Å². The highest BCUT2D eigenvalue weighted by Crippen LogP contribution is 2.32. The predicted octanol–water partition coefficient (Wildman–Crippen LogP) is 3.46. The van der Waals surface area contributed by atoms with Gasteiger partial charge in [-0.2, -0.15) is 4.98 Å². The van der Waals surface area contributed by atoms with Gasteiger partial charge in [0.2, 0.25) is 5.89 Å². The van der Waals surface area contributed by atoms with Crippen LogP contribution in [-0.4, -0.2) is 28.1 Å². The first kappa shape index (κ1) is 14.2. The fourth-order valence-electron chi connectivity index (χ4n) is 3.02. The Labute approximate surface area is 124 Å². The van der Waals surface area contributed by atoms with E-state index in [1.165, 1.54) is 6.07 Å². The van der Waals surface area contributed by atoms with E-state index in [4.69, 9.17) is 4.52 Å². The van der Waals surface area contributed by atoms with Gasteiger partial charge in [0.05, 0.1) is 0 Å². The van der Waals surface area contributed by atoms with Crippen molar-refractivity contribution < 1.29 is 8.91 Å². The quantitative estimate of drug-likeness (QED) is 0.868. The first-order valence-electron chi connectivity index (χ1n) is 7.44. The fraction of sp³-hybridized carbons (Fsp3) is 0.500. The number of aryl methyl sites for hydroxylation is 1. The van der Waals surface area contributed by atoms with Crippen LogP contribution in [0.1, 0.15) is 49.0 Å². The summed E-state index contributed by atoms with van der Waals surface area (Å²) in [6.45, 7) is 5.74. The number of hydrogen-bond acceptors (Lipinski definition) is 4. The smallest absolute Gasteiger partial charge is 0.229 e. The average Bonchev–Trinajstić information content (AvgIpc) is 2.94. The minimum Gasteiger partial charge on any atom is -0.339 e. The Morgan fingerprint density at radius 1 is 1.29 bits per heavy atom. The Hall–Kier alpha value is -1.75. The Bertz CT molecular complexity index is 605. The van der Waals surface area contributed by atoms with Gasteiger partial charge in [0.25, 0.3) is 0 Å². The minimum atomic E-state index is -0.125. The highest BCUT2D eigenvalue weighted by molar-refractivity contribution is 5.21. The molecule has 1 aromatic heterocycles. The lowest BCUT2D eigenvalue weighted by Crippen LogP contribution is -2.35. The number of hydrogen-bond donors (Lipinski definition) is 0. The molecule has 1 aliphatic rings. The molecule has 0 saturated carbocycles. The molecule has 1 atom stereocenters. The Balaban J connectivity index is 1.64. The fourth-order valence-corrected chi connectivity index (χ4v) is 3.02. The molecule has 1 aliphatic heterocycles. The number of benzene rings is 1. The third-order valence-corrected chi connectivity index (χ3v) is 4.33. The average molecular weight is 289 g/mol. The molecule has 0 aliphatic carbocycles. The number of aromatic nitrogens is 2. The molecule has 21 heavy (non-hydrogen) atoms. The number of likely N-dealkylation sites (tertiary alicyclic amines) is 1. The Morgan fingerprint density at radius 2 is 2.00 bits per heavy atom. The van der Waals surface area contributed by atoms with Crippen LogP contribution in [0.4, 0.5) is 4.39 Å². The van der Waals surface area contributed by atoms with Crippen LogP contribution in [0.2, 0.25) is 0 Å². The van der Waals surface area contributed by atoms with Crippen molar-refractivity contribution in [3.63, 3.8) is 0 Å². The van der Waals surface area contributed by atoms with Crippen LogP contribution in [0.25, 0.3) is 0 Å². The lowest BCUT2D eigenvalue weighted by atomic mass is 9.94. The maximum Gasteiger partial charge on any atom is 0.229 e. The molecule has 112 valence electrons. The maximum atomic E-state index is 13.9. The molecule has 2 aromatic rings. The summed E-state index contributed by atoms with van der Waals surface area (Å²) in [5.41, 5.74) is 0.768. The molecule has 1 aromatic carbocycles. The second-order valence-electron chi connectivity index (χ2n) is 5.69. The molecule has 0 N–H and O–H groups in total. The van der Waals surface area contributed by atoms with Gasteiger partial charge in [0, 0.05) is 17.5 Å². The maximum absolute atomic E-state index is 13.9. The zero-order valence-corrected chi connectivity index (χ0v) is 12.4. The van der Waals surface area contributed by atoms with E-state index in [0.717, 1.165) is 37.4 Å². The molecule has 3 rings (SSSR count). The van der Waals surface area contributed by atoms with Gasteiger partial charge in [-0.05, 0) is 45.8 Å². The molecular weight excluding hydrogens is 269 g/mol. The van der Waals surface area contributed by atoms with Crippen molar-refractivity contribution in [2.24, 2.45) is 0 Å². The van der Waals surface area contributed by atoms with E-state index in [1.54, 1.807) is 6.07 Å². The molecule has 0 spiro atoms. The third kappa shape index (κ3) is 2.97. The molecule has 0 bridgehead atoms. The van der Waals surface area contributed by atoms with E-state index in [9.17, 15) is 4.39 Å². The second-order valence-corrected chi connectivity index (χ2v) is 5.69. The van der Waals surface area contributed by atoms with Gasteiger partial charge in [0.15, 0.2) is 5.82 Å². The highest BCUT2D eigenvalue weighted by Gasteiger charge is 2.28. The second kappa shape index (κ2) is 5.93. The number of rotatable bonds is 3. The van der Waals surface area contributed by atoms with Crippen LogP contribution in [-0.2, 0) is 0 Å². The first-order chi connectivity index (χ1) is 10.1. The molecule has 5 heteroatoms. The van der Waals surface area contributed by atoms with Gasteiger partial charge in [-0.25, -0.2) is 4.39 Å². The van der Waals surface area contributed by atoms with Crippen LogP contribution in [0.15, 0.2) is 28.8 Å². The summed E-state index contributed by atoms with van der Waals surface area (Å²) in [5, 5.41) is 3.86. The highest BCUT2D eigenvalue weighted by atomic mass is 19.1. The summed E-state index contributed by atoms with van der Waals surface area (Å²) in [4.78, 5) is 6.64. The number of piperidine rings is 1. The van der Waals surface area contributed by atoms with Crippen molar-refractivity contribution in [3.05, 3.63) is 47.4 Å². The summed E-state index contributed by atoms with van der Waals surface area (Å²) < 4.78 is 19.1. The predicted molar refractivity (Wildman–Crippen MR) is 77.4 cm³/mol. The van der Waals surface area contributed by atoms with E-state index in [1.807, 2.05) is 19.1 Å². The number of nitrogens with zero attached hydrogens (tertiary/aromatic N) is 3. The number of halogens is 1. The Kier molecular flexibility index (Phi) is 4.01. The van der Waals surface area contributed by atoms with E-state index < -0.39 is 0 Å². The van der Waals surface area contributed by atoms with E-state index in [0.29, 0.717) is 11.7 Å². The van der Waals surface area contributed by atoms with Crippen molar-refractivity contribution in [2.75, 3.05) is 13.1 Å². The lowest BCUT2D eigenvalue weighted by Gasteiger charge is -2.35. The SMILES string of the molecule is Cc1noc(C2CCN(C(C)c3ccccc3F)CC2)n1. The van der Waals surface area contributed by atoms with E-state index in [-0.39, 0.29) is 11.9 Å². The third-order valence-electron chi connectivity index (χ3n) is 4.33. The molecule has 2 heterocycles. The van der Waals surface area contributed by atoms with Crippen LogP contribution < -0.4 is 0 Å². The molecular formula is C16H20FN3O.